The van der Waals surface area contributed by atoms with E-state index in [0.29, 0.717) is 17.5 Å². The number of nitrogens with zero attached hydrogens (tertiary/aromatic N) is 2. The van der Waals surface area contributed by atoms with Gasteiger partial charge in [0.1, 0.15) is 5.01 Å². The smallest absolute Gasteiger partial charge is 0.321 e. The number of nitrogens with one attached hydrogen (secondary N) is 2. The monoisotopic (exact) mass is 300 g/mol. The predicted molar refractivity (Wildman–Crippen MR) is 76.9 cm³/mol. The van der Waals surface area contributed by atoms with E-state index in [-0.39, 0.29) is 6.54 Å². The molecule has 112 valence electrons. The van der Waals surface area contributed by atoms with E-state index in [0.717, 1.165) is 11.4 Å². The summed E-state index contributed by atoms with van der Waals surface area (Å²) in [5, 5.41) is 23.1. The fraction of sp³-hybridized carbons (Fsp3) is 0.667. The first-order valence-corrected chi connectivity index (χ1v) is 7.34. The molecule has 20 heavy (non-hydrogen) atoms. The van der Waals surface area contributed by atoms with Crippen LogP contribution in [0.25, 0.3) is 0 Å². The maximum atomic E-state index is 11.6. The standard InChI is InChI=1S/C12H20N4O3S/c1-4-8(10(17)18)6-13-11(19)14-12-16-15-9(20-12)5-7(2)3/h7-8H,4-6H2,1-3H3,(H,17,18)(H2,13,14,16,19). The summed E-state index contributed by atoms with van der Waals surface area (Å²) in [5.41, 5.74) is 0. The molecule has 2 amide bonds. The van der Waals surface area contributed by atoms with Gasteiger partial charge in [0.05, 0.1) is 5.92 Å². The number of carbonyl (C=O) groups is 2. The van der Waals surface area contributed by atoms with Gasteiger partial charge in [-0.05, 0) is 12.3 Å². The molecule has 0 aliphatic heterocycles. The van der Waals surface area contributed by atoms with Crippen molar-refractivity contribution in [2.45, 2.75) is 33.6 Å². The molecule has 1 aromatic rings. The highest BCUT2D eigenvalue weighted by molar-refractivity contribution is 7.15. The molecular weight excluding hydrogens is 280 g/mol. The van der Waals surface area contributed by atoms with Crippen LogP contribution >= 0.6 is 11.3 Å². The number of anilines is 1. The second kappa shape index (κ2) is 7.78. The third kappa shape index (κ3) is 5.52. The van der Waals surface area contributed by atoms with Gasteiger partial charge in [-0.15, -0.1) is 10.2 Å². The van der Waals surface area contributed by atoms with Crippen molar-refractivity contribution in [2.24, 2.45) is 11.8 Å². The normalized spacial score (nSPS) is 12.2. The molecule has 0 radical (unpaired) electrons. The summed E-state index contributed by atoms with van der Waals surface area (Å²) >= 11 is 1.33. The van der Waals surface area contributed by atoms with Gasteiger partial charge in [-0.2, -0.15) is 0 Å². The van der Waals surface area contributed by atoms with Gasteiger partial charge in [0.2, 0.25) is 5.13 Å². The van der Waals surface area contributed by atoms with Crippen molar-refractivity contribution >= 4 is 28.5 Å². The van der Waals surface area contributed by atoms with Crippen molar-refractivity contribution in [1.82, 2.24) is 15.5 Å². The lowest BCUT2D eigenvalue weighted by Crippen LogP contribution is -2.35. The Morgan fingerprint density at radius 1 is 1.35 bits per heavy atom. The number of carboxylic acids is 1. The van der Waals surface area contributed by atoms with Crippen molar-refractivity contribution in [2.75, 3.05) is 11.9 Å². The fourth-order valence-electron chi connectivity index (χ4n) is 1.50. The predicted octanol–water partition coefficient (Wildman–Crippen LogP) is 1.97. The average molecular weight is 300 g/mol. The average Bonchev–Trinajstić information content (AvgIpc) is 2.75. The van der Waals surface area contributed by atoms with Crippen molar-refractivity contribution < 1.29 is 14.7 Å². The van der Waals surface area contributed by atoms with Crippen molar-refractivity contribution in [3.05, 3.63) is 5.01 Å². The number of aliphatic carboxylic acids is 1. The Bertz CT molecular complexity index is 461. The van der Waals surface area contributed by atoms with Gasteiger partial charge in [0.25, 0.3) is 0 Å². The summed E-state index contributed by atoms with van der Waals surface area (Å²) in [6.07, 6.45) is 1.28. The fourth-order valence-corrected chi connectivity index (χ4v) is 2.45. The Morgan fingerprint density at radius 3 is 2.60 bits per heavy atom. The number of amides is 2. The number of carbonyl (C=O) groups excluding carboxylic acids is 1. The second-order valence-electron chi connectivity index (χ2n) is 4.88. The zero-order valence-corrected chi connectivity index (χ0v) is 12.7. The molecule has 1 unspecified atom stereocenters. The van der Waals surface area contributed by atoms with Crippen LogP contribution < -0.4 is 10.6 Å². The number of rotatable bonds is 7. The molecule has 0 saturated heterocycles. The first-order valence-electron chi connectivity index (χ1n) is 6.52. The minimum absolute atomic E-state index is 0.0926. The third-order valence-corrected chi connectivity index (χ3v) is 3.48. The van der Waals surface area contributed by atoms with Crippen molar-refractivity contribution in [1.29, 1.82) is 0 Å². The summed E-state index contributed by atoms with van der Waals surface area (Å²) in [5.74, 6) is -1.01. The van der Waals surface area contributed by atoms with Crippen LogP contribution in [-0.4, -0.2) is 33.8 Å². The zero-order chi connectivity index (χ0) is 15.1. The molecule has 3 N–H and O–H groups in total. The quantitative estimate of drug-likeness (QED) is 0.714. The van der Waals surface area contributed by atoms with Crippen LogP contribution in [-0.2, 0) is 11.2 Å². The minimum atomic E-state index is -0.914. The summed E-state index contributed by atoms with van der Waals surface area (Å²) in [6.45, 7) is 6.02. The van der Waals surface area contributed by atoms with E-state index in [1.54, 1.807) is 6.92 Å². The lowest BCUT2D eigenvalue weighted by atomic mass is 10.1. The summed E-state index contributed by atoms with van der Waals surface area (Å²) in [4.78, 5) is 22.4. The Hall–Kier alpha value is -1.70. The lowest BCUT2D eigenvalue weighted by molar-refractivity contribution is -0.141. The Kier molecular flexibility index (Phi) is 6.37. The molecule has 0 fully saturated rings. The molecule has 0 spiro atoms. The molecular formula is C12H20N4O3S. The molecule has 0 aliphatic rings. The first kappa shape index (κ1) is 16.4. The summed E-state index contributed by atoms with van der Waals surface area (Å²) < 4.78 is 0. The molecule has 0 aromatic carbocycles. The van der Waals surface area contributed by atoms with Gasteiger partial charge in [0, 0.05) is 13.0 Å². The van der Waals surface area contributed by atoms with Crippen LogP contribution in [0, 0.1) is 11.8 Å². The van der Waals surface area contributed by atoms with Gasteiger partial charge in [0.15, 0.2) is 0 Å². The van der Waals surface area contributed by atoms with Gasteiger partial charge >= 0.3 is 12.0 Å². The van der Waals surface area contributed by atoms with Crippen LogP contribution in [0.1, 0.15) is 32.2 Å². The Labute approximate surface area is 121 Å². The van der Waals surface area contributed by atoms with E-state index in [2.05, 4.69) is 34.7 Å². The molecule has 1 rings (SSSR count). The highest BCUT2D eigenvalue weighted by atomic mass is 32.1. The topological polar surface area (TPSA) is 104 Å². The highest BCUT2D eigenvalue weighted by Crippen LogP contribution is 2.17. The number of hydrogen-bond donors (Lipinski definition) is 3. The van der Waals surface area contributed by atoms with Gasteiger partial charge in [-0.1, -0.05) is 32.1 Å². The third-order valence-electron chi connectivity index (χ3n) is 2.62. The minimum Gasteiger partial charge on any atom is -0.481 e. The Balaban J connectivity index is 2.42. The lowest BCUT2D eigenvalue weighted by Gasteiger charge is -2.10. The van der Waals surface area contributed by atoms with Crippen LogP contribution in [0.5, 0.6) is 0 Å². The SMILES string of the molecule is CCC(CNC(=O)Nc1nnc(CC(C)C)s1)C(=O)O. The Morgan fingerprint density at radius 2 is 2.05 bits per heavy atom. The van der Waals surface area contributed by atoms with Crippen LogP contribution in [0.3, 0.4) is 0 Å². The molecule has 0 aliphatic carbocycles. The molecule has 7 nitrogen and oxygen atoms in total. The maximum Gasteiger partial charge on any atom is 0.321 e. The van der Waals surface area contributed by atoms with Crippen molar-refractivity contribution in [3.63, 3.8) is 0 Å². The van der Waals surface area contributed by atoms with E-state index in [9.17, 15) is 9.59 Å². The largest absolute Gasteiger partial charge is 0.481 e. The number of carboxylic acid groups (broad SMARTS) is 1. The van der Waals surface area contributed by atoms with E-state index in [1.165, 1.54) is 11.3 Å². The van der Waals surface area contributed by atoms with E-state index in [4.69, 9.17) is 5.11 Å². The second-order valence-corrected chi connectivity index (χ2v) is 5.94. The van der Waals surface area contributed by atoms with E-state index >= 15 is 0 Å². The van der Waals surface area contributed by atoms with E-state index in [1.807, 2.05) is 0 Å². The van der Waals surface area contributed by atoms with E-state index < -0.39 is 17.9 Å². The molecule has 1 atom stereocenters. The van der Waals surface area contributed by atoms with Gasteiger partial charge in [-0.25, -0.2) is 4.79 Å². The van der Waals surface area contributed by atoms with Crippen LogP contribution in [0.2, 0.25) is 0 Å². The maximum absolute atomic E-state index is 11.6. The van der Waals surface area contributed by atoms with Crippen LogP contribution in [0.15, 0.2) is 0 Å². The number of aromatic nitrogens is 2. The van der Waals surface area contributed by atoms with Crippen molar-refractivity contribution in [3.8, 4) is 0 Å². The van der Waals surface area contributed by atoms with Crippen LogP contribution in [0.4, 0.5) is 9.93 Å². The molecule has 0 saturated carbocycles. The molecule has 1 heterocycles. The number of hydrogen-bond acceptors (Lipinski definition) is 5. The zero-order valence-electron chi connectivity index (χ0n) is 11.8. The molecule has 0 bridgehead atoms. The number of urea groups is 1. The summed E-state index contributed by atoms with van der Waals surface area (Å²) in [7, 11) is 0. The molecule has 8 heteroatoms. The first-order chi connectivity index (χ1) is 9.42. The summed E-state index contributed by atoms with van der Waals surface area (Å²) in [6, 6.07) is -0.461. The highest BCUT2D eigenvalue weighted by Gasteiger charge is 2.16. The van der Waals surface area contributed by atoms with Gasteiger partial charge < -0.3 is 10.4 Å². The molecule has 1 aromatic heterocycles. The van der Waals surface area contributed by atoms with Gasteiger partial charge in [-0.3, -0.25) is 10.1 Å².